The predicted molar refractivity (Wildman–Crippen MR) is 79.0 cm³/mol. The average Bonchev–Trinajstić information content (AvgIpc) is 2.82. The maximum atomic E-state index is 12.3. The molecule has 2 amide bonds. The van der Waals surface area contributed by atoms with Gasteiger partial charge in [0.2, 0.25) is 5.91 Å². The molecule has 1 aliphatic rings. The predicted octanol–water partition coefficient (Wildman–Crippen LogP) is 1.93. The Morgan fingerprint density at radius 2 is 2.10 bits per heavy atom. The summed E-state index contributed by atoms with van der Waals surface area (Å²) < 4.78 is 0. The molecule has 0 bridgehead atoms. The van der Waals surface area contributed by atoms with Gasteiger partial charge in [-0.15, -0.1) is 0 Å². The van der Waals surface area contributed by atoms with Crippen LogP contribution in [0.4, 0.5) is 5.69 Å². The first-order valence-electron chi connectivity index (χ1n) is 6.19. The maximum Gasteiger partial charge on any atom is 0.254 e. The van der Waals surface area contributed by atoms with Crippen LogP contribution in [0.25, 0.3) is 0 Å². The van der Waals surface area contributed by atoms with E-state index in [-0.39, 0.29) is 33.6 Å². The maximum absolute atomic E-state index is 12.3. The molecular weight excluding hydrogens is 301 g/mol. The van der Waals surface area contributed by atoms with Crippen LogP contribution in [-0.2, 0) is 4.79 Å². The summed E-state index contributed by atoms with van der Waals surface area (Å²) in [5.74, 6) is -0.258. The van der Waals surface area contributed by atoms with Crippen LogP contribution in [0, 0.1) is 0 Å². The fraction of sp³-hybridized carbons (Fsp3) is 0.385. The zero-order chi connectivity index (χ0) is 14.9. The lowest BCUT2D eigenvalue weighted by atomic mass is 10.2. The van der Waals surface area contributed by atoms with Crippen LogP contribution in [0.3, 0.4) is 0 Å². The van der Waals surface area contributed by atoms with Crippen molar-refractivity contribution in [2.75, 3.05) is 18.8 Å². The van der Waals surface area contributed by atoms with Gasteiger partial charge in [-0.05, 0) is 18.6 Å². The molecule has 108 valence electrons. The molecule has 1 heterocycles. The van der Waals surface area contributed by atoms with Crippen molar-refractivity contribution < 1.29 is 9.59 Å². The highest BCUT2D eigenvalue weighted by Crippen LogP contribution is 2.30. The van der Waals surface area contributed by atoms with Crippen LogP contribution in [-0.4, -0.2) is 35.8 Å². The van der Waals surface area contributed by atoms with E-state index in [9.17, 15) is 9.59 Å². The molecule has 0 aliphatic carbocycles. The molecule has 1 saturated heterocycles. The summed E-state index contributed by atoms with van der Waals surface area (Å²) in [6, 6.07) is 3.02. The Bertz CT molecular complexity index is 540. The molecular formula is C13H15Cl2N3O2. The normalized spacial score (nSPS) is 18.1. The molecule has 1 aromatic carbocycles. The van der Waals surface area contributed by atoms with E-state index >= 15 is 0 Å². The van der Waals surface area contributed by atoms with Gasteiger partial charge >= 0.3 is 0 Å². The third-order valence-corrected chi connectivity index (χ3v) is 4.00. The molecule has 1 aliphatic heterocycles. The van der Waals surface area contributed by atoms with Gasteiger partial charge in [-0.2, -0.15) is 0 Å². The van der Waals surface area contributed by atoms with Crippen molar-refractivity contribution in [2.45, 2.75) is 19.4 Å². The Morgan fingerprint density at radius 1 is 1.40 bits per heavy atom. The van der Waals surface area contributed by atoms with E-state index in [1.807, 2.05) is 0 Å². The number of rotatable bonds is 2. The number of nitrogen functional groups attached to an aromatic ring is 1. The minimum Gasteiger partial charge on any atom is -0.397 e. The third-order valence-electron chi connectivity index (χ3n) is 3.19. The second-order valence-corrected chi connectivity index (χ2v) is 5.58. The Labute approximate surface area is 127 Å². The van der Waals surface area contributed by atoms with Crippen LogP contribution >= 0.6 is 23.2 Å². The summed E-state index contributed by atoms with van der Waals surface area (Å²) >= 11 is 11.8. The number of nitrogens with one attached hydrogen (secondary N) is 1. The number of nitrogens with two attached hydrogens (primary N) is 1. The van der Waals surface area contributed by atoms with Gasteiger partial charge in [-0.25, -0.2) is 0 Å². The van der Waals surface area contributed by atoms with Crippen LogP contribution in [0.5, 0.6) is 0 Å². The fourth-order valence-corrected chi connectivity index (χ4v) is 2.60. The molecule has 2 rings (SSSR count). The highest BCUT2D eigenvalue weighted by atomic mass is 35.5. The molecule has 3 N–H and O–H groups in total. The molecule has 1 unspecified atom stereocenters. The van der Waals surface area contributed by atoms with Crippen LogP contribution in [0.15, 0.2) is 12.1 Å². The smallest absolute Gasteiger partial charge is 0.254 e. The Morgan fingerprint density at radius 3 is 2.70 bits per heavy atom. The molecule has 1 aromatic rings. The van der Waals surface area contributed by atoms with Gasteiger partial charge in [0.25, 0.3) is 5.91 Å². The quantitative estimate of drug-likeness (QED) is 0.819. The number of anilines is 1. The lowest BCUT2D eigenvalue weighted by molar-refractivity contribution is -0.119. The number of amides is 2. The van der Waals surface area contributed by atoms with E-state index < -0.39 is 0 Å². The number of halogens is 2. The molecule has 7 heteroatoms. The topological polar surface area (TPSA) is 75.4 Å². The molecule has 0 saturated carbocycles. The van der Waals surface area contributed by atoms with Crippen molar-refractivity contribution >= 4 is 40.7 Å². The number of carbonyl (C=O) groups is 2. The highest BCUT2D eigenvalue weighted by molar-refractivity contribution is 6.43. The first kappa shape index (κ1) is 14.9. The minimum atomic E-state index is -0.164. The van der Waals surface area contributed by atoms with Crippen molar-refractivity contribution in [3.8, 4) is 0 Å². The summed E-state index contributed by atoms with van der Waals surface area (Å²) in [6.07, 6.45) is 0.738. The van der Waals surface area contributed by atoms with Crippen LogP contribution in [0.2, 0.25) is 10.0 Å². The number of nitrogens with zero attached hydrogens (tertiary/aromatic N) is 1. The van der Waals surface area contributed by atoms with Gasteiger partial charge < -0.3 is 16.0 Å². The van der Waals surface area contributed by atoms with E-state index in [0.717, 1.165) is 6.42 Å². The van der Waals surface area contributed by atoms with Gasteiger partial charge in [-0.3, -0.25) is 9.59 Å². The van der Waals surface area contributed by atoms with Crippen molar-refractivity contribution in [1.82, 2.24) is 10.2 Å². The van der Waals surface area contributed by atoms with Crippen LogP contribution in [0.1, 0.15) is 23.7 Å². The van der Waals surface area contributed by atoms with E-state index in [0.29, 0.717) is 18.7 Å². The van der Waals surface area contributed by atoms with Crippen molar-refractivity contribution in [3.63, 3.8) is 0 Å². The SMILES string of the molecule is CC(=O)NC1CCN(C(=O)c2cc(N)c(Cl)c(Cl)c2)C1. The molecule has 0 spiro atoms. The zero-order valence-electron chi connectivity index (χ0n) is 11.0. The second-order valence-electron chi connectivity index (χ2n) is 4.80. The highest BCUT2D eigenvalue weighted by Gasteiger charge is 2.27. The molecule has 0 radical (unpaired) electrons. The summed E-state index contributed by atoms with van der Waals surface area (Å²) in [5.41, 5.74) is 6.39. The number of carbonyl (C=O) groups excluding carboxylic acids is 2. The monoisotopic (exact) mass is 315 g/mol. The van der Waals surface area contributed by atoms with Gasteiger partial charge in [-0.1, -0.05) is 23.2 Å². The summed E-state index contributed by atoms with van der Waals surface area (Å²) in [4.78, 5) is 25.0. The summed E-state index contributed by atoms with van der Waals surface area (Å²) in [7, 11) is 0. The largest absolute Gasteiger partial charge is 0.397 e. The standard InChI is InChI=1S/C13H15Cl2N3O2/c1-7(19)17-9-2-3-18(6-9)13(20)8-4-10(14)12(15)11(16)5-8/h4-5,9H,2-3,6,16H2,1H3,(H,17,19). The molecule has 5 nitrogen and oxygen atoms in total. The first-order chi connectivity index (χ1) is 9.38. The Hall–Kier alpha value is -1.46. The third kappa shape index (κ3) is 3.16. The lowest BCUT2D eigenvalue weighted by Crippen LogP contribution is -2.37. The van der Waals surface area contributed by atoms with Crippen LogP contribution < -0.4 is 11.1 Å². The molecule has 0 aromatic heterocycles. The average molecular weight is 316 g/mol. The first-order valence-corrected chi connectivity index (χ1v) is 6.95. The van der Waals surface area contributed by atoms with E-state index in [2.05, 4.69) is 5.32 Å². The van der Waals surface area contributed by atoms with Crippen molar-refractivity contribution in [3.05, 3.63) is 27.7 Å². The van der Waals surface area contributed by atoms with Gasteiger partial charge in [0.05, 0.1) is 15.7 Å². The van der Waals surface area contributed by atoms with Gasteiger partial charge in [0.1, 0.15) is 0 Å². The van der Waals surface area contributed by atoms with Crippen molar-refractivity contribution in [2.24, 2.45) is 0 Å². The lowest BCUT2D eigenvalue weighted by Gasteiger charge is -2.17. The second kappa shape index (κ2) is 5.89. The van der Waals surface area contributed by atoms with Gasteiger partial charge in [0, 0.05) is 31.6 Å². The Balaban J connectivity index is 2.11. The summed E-state index contributed by atoms with van der Waals surface area (Å²) in [5, 5.41) is 3.31. The van der Waals surface area contributed by atoms with E-state index in [1.54, 1.807) is 4.90 Å². The number of likely N-dealkylation sites (tertiary alicyclic amines) is 1. The number of hydrogen-bond acceptors (Lipinski definition) is 3. The zero-order valence-corrected chi connectivity index (χ0v) is 12.5. The minimum absolute atomic E-state index is 0.00318. The van der Waals surface area contributed by atoms with Crippen molar-refractivity contribution in [1.29, 1.82) is 0 Å². The molecule has 1 fully saturated rings. The summed E-state index contributed by atoms with van der Waals surface area (Å²) in [6.45, 7) is 2.53. The van der Waals surface area contributed by atoms with E-state index in [1.165, 1.54) is 19.1 Å². The van der Waals surface area contributed by atoms with E-state index in [4.69, 9.17) is 28.9 Å². The number of benzene rings is 1. The molecule has 20 heavy (non-hydrogen) atoms. The molecule has 1 atom stereocenters. The number of hydrogen-bond donors (Lipinski definition) is 2. The van der Waals surface area contributed by atoms with Gasteiger partial charge in [0.15, 0.2) is 0 Å². The fourth-order valence-electron chi connectivity index (χ4n) is 2.27. The Kier molecular flexibility index (Phi) is 4.40.